The number of nitrogens with one attached hydrogen (secondary N) is 1. The van der Waals surface area contributed by atoms with Crippen LogP contribution in [0.15, 0.2) is 48.5 Å². The Labute approximate surface area is 142 Å². The maximum absolute atomic E-state index is 11.9. The van der Waals surface area contributed by atoms with Gasteiger partial charge in [-0.3, -0.25) is 5.32 Å². The Hall–Kier alpha value is -2.93. The van der Waals surface area contributed by atoms with Crippen LogP contribution < -0.4 is 10.1 Å². The summed E-state index contributed by atoms with van der Waals surface area (Å²) < 4.78 is 10.9. The molecular formula is C17H14N2O4S. The number of benzene rings is 2. The van der Waals surface area contributed by atoms with Crippen LogP contribution in [0.2, 0.25) is 0 Å². The van der Waals surface area contributed by atoms with E-state index in [1.54, 1.807) is 49.4 Å². The maximum Gasteiger partial charge on any atom is 0.418 e. The highest BCUT2D eigenvalue weighted by molar-refractivity contribution is 7.22. The lowest BCUT2D eigenvalue weighted by Crippen LogP contribution is -2.16. The normalized spacial score (nSPS) is 10.4. The van der Waals surface area contributed by atoms with Crippen molar-refractivity contribution < 1.29 is 19.1 Å². The molecule has 2 aromatic carbocycles. The van der Waals surface area contributed by atoms with Gasteiger partial charge in [-0.15, -0.1) is 0 Å². The first-order valence-corrected chi connectivity index (χ1v) is 8.09. The number of rotatable bonds is 4. The van der Waals surface area contributed by atoms with Crippen LogP contribution in [0.25, 0.3) is 10.2 Å². The van der Waals surface area contributed by atoms with Crippen LogP contribution >= 0.6 is 11.3 Å². The molecule has 0 aliphatic rings. The minimum Gasteiger partial charge on any atom is -0.462 e. The van der Waals surface area contributed by atoms with Gasteiger partial charge in [-0.25, -0.2) is 14.6 Å². The monoisotopic (exact) mass is 342 g/mol. The van der Waals surface area contributed by atoms with Gasteiger partial charge in [-0.1, -0.05) is 29.5 Å². The summed E-state index contributed by atoms with van der Waals surface area (Å²) in [5.41, 5.74) is 1.13. The minimum absolute atomic E-state index is 0.317. The Bertz CT molecular complexity index is 877. The predicted molar refractivity (Wildman–Crippen MR) is 91.7 cm³/mol. The first-order chi connectivity index (χ1) is 11.7. The predicted octanol–water partition coefficient (Wildman–Crippen LogP) is 4.08. The Morgan fingerprint density at radius 2 is 1.96 bits per heavy atom. The summed E-state index contributed by atoms with van der Waals surface area (Å²) in [5.74, 6) is 0.0616. The van der Waals surface area contributed by atoms with E-state index in [2.05, 4.69) is 10.3 Å². The highest BCUT2D eigenvalue weighted by Crippen LogP contribution is 2.27. The lowest BCUT2D eigenvalue weighted by Gasteiger charge is -2.03. The van der Waals surface area contributed by atoms with Crippen molar-refractivity contribution in [2.45, 2.75) is 6.92 Å². The summed E-state index contributed by atoms with van der Waals surface area (Å²) >= 11 is 1.25. The topological polar surface area (TPSA) is 77.5 Å². The molecule has 0 bridgehead atoms. The van der Waals surface area contributed by atoms with E-state index in [0.717, 1.165) is 4.70 Å². The number of anilines is 1. The molecule has 1 N–H and O–H groups in total. The van der Waals surface area contributed by atoms with Crippen LogP contribution in [-0.2, 0) is 4.74 Å². The molecule has 24 heavy (non-hydrogen) atoms. The fourth-order valence-electron chi connectivity index (χ4n) is 2.03. The van der Waals surface area contributed by atoms with E-state index < -0.39 is 6.09 Å². The fourth-order valence-corrected chi connectivity index (χ4v) is 2.92. The SMILES string of the molecule is CCOC(=O)c1ccc2nc(NC(=O)Oc3ccccc3)sc2c1. The molecule has 7 heteroatoms. The Morgan fingerprint density at radius 1 is 1.17 bits per heavy atom. The number of amides is 1. The Kier molecular flexibility index (Phi) is 4.72. The summed E-state index contributed by atoms with van der Waals surface area (Å²) in [4.78, 5) is 27.9. The molecule has 3 aromatic rings. The summed E-state index contributed by atoms with van der Waals surface area (Å²) in [5, 5.41) is 2.98. The van der Waals surface area contributed by atoms with Crippen molar-refractivity contribution in [3.63, 3.8) is 0 Å². The number of para-hydroxylation sites is 1. The number of carbonyl (C=O) groups is 2. The number of fused-ring (bicyclic) bond motifs is 1. The van der Waals surface area contributed by atoms with E-state index in [1.807, 2.05) is 6.07 Å². The molecule has 0 radical (unpaired) electrons. The molecule has 1 amide bonds. The van der Waals surface area contributed by atoms with Gasteiger partial charge < -0.3 is 9.47 Å². The maximum atomic E-state index is 11.9. The summed E-state index contributed by atoms with van der Waals surface area (Å²) in [6, 6.07) is 13.8. The third-order valence-corrected chi connectivity index (χ3v) is 4.00. The zero-order valence-corrected chi connectivity index (χ0v) is 13.6. The van der Waals surface area contributed by atoms with Gasteiger partial charge in [0.15, 0.2) is 5.13 Å². The molecule has 0 aliphatic heterocycles. The Balaban J connectivity index is 1.73. The van der Waals surface area contributed by atoms with Gasteiger partial charge in [0.25, 0.3) is 0 Å². The minimum atomic E-state index is -0.620. The second-order valence-electron chi connectivity index (χ2n) is 4.75. The third kappa shape index (κ3) is 3.69. The van der Waals surface area contributed by atoms with Crippen LogP contribution in [0.3, 0.4) is 0 Å². The number of thiazole rings is 1. The lowest BCUT2D eigenvalue weighted by molar-refractivity contribution is 0.0526. The molecular weight excluding hydrogens is 328 g/mol. The number of carbonyl (C=O) groups excluding carboxylic acids is 2. The van der Waals surface area contributed by atoms with Gasteiger partial charge in [-0.2, -0.15) is 0 Å². The van der Waals surface area contributed by atoms with Gasteiger partial charge in [-0.05, 0) is 37.3 Å². The summed E-state index contributed by atoms with van der Waals surface area (Å²) in [6.45, 7) is 2.07. The zero-order valence-electron chi connectivity index (χ0n) is 12.8. The van der Waals surface area contributed by atoms with Crippen molar-refractivity contribution in [3.8, 4) is 5.75 Å². The fraction of sp³-hybridized carbons (Fsp3) is 0.118. The van der Waals surface area contributed by atoms with Crippen molar-refractivity contribution in [1.82, 2.24) is 4.98 Å². The number of ether oxygens (including phenoxy) is 2. The Morgan fingerprint density at radius 3 is 2.71 bits per heavy atom. The molecule has 0 fully saturated rings. The van der Waals surface area contributed by atoms with Crippen molar-refractivity contribution in [1.29, 1.82) is 0 Å². The van der Waals surface area contributed by atoms with E-state index in [9.17, 15) is 9.59 Å². The van der Waals surface area contributed by atoms with Gasteiger partial charge in [0, 0.05) is 0 Å². The highest BCUT2D eigenvalue weighted by atomic mass is 32.1. The quantitative estimate of drug-likeness (QED) is 0.723. The molecule has 1 aromatic heterocycles. The van der Waals surface area contributed by atoms with Crippen LogP contribution in [0, 0.1) is 0 Å². The molecule has 122 valence electrons. The second-order valence-corrected chi connectivity index (χ2v) is 5.78. The van der Waals surface area contributed by atoms with Crippen molar-refractivity contribution in [2.24, 2.45) is 0 Å². The molecule has 0 atom stereocenters. The van der Waals surface area contributed by atoms with Gasteiger partial charge in [0.2, 0.25) is 0 Å². The molecule has 0 saturated carbocycles. The smallest absolute Gasteiger partial charge is 0.418 e. The van der Waals surface area contributed by atoms with Crippen molar-refractivity contribution in [2.75, 3.05) is 11.9 Å². The van der Waals surface area contributed by atoms with E-state index in [-0.39, 0.29) is 5.97 Å². The molecule has 6 nitrogen and oxygen atoms in total. The molecule has 0 unspecified atom stereocenters. The zero-order chi connectivity index (χ0) is 16.9. The van der Waals surface area contributed by atoms with E-state index in [4.69, 9.17) is 9.47 Å². The number of nitrogens with zero attached hydrogens (tertiary/aromatic N) is 1. The van der Waals surface area contributed by atoms with Crippen LogP contribution in [-0.4, -0.2) is 23.7 Å². The second kappa shape index (κ2) is 7.10. The number of hydrogen-bond donors (Lipinski definition) is 1. The van der Waals surface area contributed by atoms with E-state index >= 15 is 0 Å². The van der Waals surface area contributed by atoms with Gasteiger partial charge in [0.1, 0.15) is 5.75 Å². The molecule has 0 saturated heterocycles. The third-order valence-electron chi connectivity index (χ3n) is 3.06. The lowest BCUT2D eigenvalue weighted by atomic mass is 10.2. The molecule has 0 spiro atoms. The van der Waals surface area contributed by atoms with Gasteiger partial charge in [0.05, 0.1) is 22.4 Å². The number of hydrogen-bond acceptors (Lipinski definition) is 6. The average molecular weight is 342 g/mol. The molecule has 1 heterocycles. The summed E-state index contributed by atoms with van der Waals surface area (Å²) in [6.07, 6.45) is -0.620. The summed E-state index contributed by atoms with van der Waals surface area (Å²) in [7, 11) is 0. The first-order valence-electron chi connectivity index (χ1n) is 7.27. The molecule has 0 aliphatic carbocycles. The van der Waals surface area contributed by atoms with Crippen LogP contribution in [0.4, 0.5) is 9.93 Å². The first kappa shape index (κ1) is 15.9. The van der Waals surface area contributed by atoms with E-state index in [1.165, 1.54) is 11.3 Å². The number of esters is 1. The van der Waals surface area contributed by atoms with Crippen molar-refractivity contribution >= 4 is 38.7 Å². The largest absolute Gasteiger partial charge is 0.462 e. The average Bonchev–Trinajstić information content (AvgIpc) is 2.97. The van der Waals surface area contributed by atoms with Gasteiger partial charge >= 0.3 is 12.1 Å². The standard InChI is InChI=1S/C17H14N2O4S/c1-2-22-15(20)11-8-9-13-14(10-11)24-16(18-13)19-17(21)23-12-6-4-3-5-7-12/h3-10H,2H2,1H3,(H,18,19,21). The highest BCUT2D eigenvalue weighted by Gasteiger charge is 2.12. The number of aromatic nitrogens is 1. The van der Waals surface area contributed by atoms with Crippen LogP contribution in [0.5, 0.6) is 5.75 Å². The van der Waals surface area contributed by atoms with Crippen molar-refractivity contribution in [3.05, 3.63) is 54.1 Å². The molecule has 3 rings (SSSR count). The van der Waals surface area contributed by atoms with E-state index in [0.29, 0.717) is 28.6 Å². The van der Waals surface area contributed by atoms with Crippen LogP contribution in [0.1, 0.15) is 17.3 Å².